The minimum Gasteiger partial charge on any atom is -0.371 e. The first-order chi connectivity index (χ1) is 16.0. The lowest BCUT2D eigenvalue weighted by atomic mass is 9.89. The predicted octanol–water partition coefficient (Wildman–Crippen LogP) is 5.22. The summed E-state index contributed by atoms with van der Waals surface area (Å²) in [5.41, 5.74) is 4.05. The molecule has 1 saturated heterocycles. The number of fused-ring (bicyclic) bond motifs is 1. The molecule has 5 rings (SSSR count). The molecule has 3 aromatic carbocycles. The minimum absolute atomic E-state index is 0.120. The molecule has 1 aromatic heterocycles. The molecule has 1 fully saturated rings. The zero-order chi connectivity index (χ0) is 22.8. The number of anilines is 1. The van der Waals surface area contributed by atoms with E-state index in [1.54, 1.807) is 12.1 Å². The molecule has 0 atom stereocenters. The predicted molar refractivity (Wildman–Crippen MR) is 132 cm³/mol. The molecule has 1 aliphatic heterocycles. The van der Waals surface area contributed by atoms with E-state index in [2.05, 4.69) is 29.2 Å². The second-order valence-electron chi connectivity index (χ2n) is 8.61. The highest BCUT2D eigenvalue weighted by Crippen LogP contribution is 2.33. The molecular formula is C27H26N2O3S. The summed E-state index contributed by atoms with van der Waals surface area (Å²) in [7, 11) is -3.66. The molecule has 0 N–H and O–H groups in total. The Labute approximate surface area is 194 Å². The van der Waals surface area contributed by atoms with Crippen molar-refractivity contribution < 1.29 is 13.2 Å². The number of aromatic nitrogens is 1. The first-order valence-electron chi connectivity index (χ1n) is 11.2. The summed E-state index contributed by atoms with van der Waals surface area (Å²) in [6.07, 6.45) is 4.31. The molecular weight excluding hydrogens is 432 g/mol. The number of rotatable bonds is 6. The fourth-order valence-corrected chi connectivity index (χ4v) is 6.27. The van der Waals surface area contributed by atoms with E-state index in [9.17, 15) is 13.2 Å². The fraction of sp³-hybridized carbons (Fsp3) is 0.222. The van der Waals surface area contributed by atoms with Crippen molar-refractivity contribution in [1.82, 2.24) is 3.97 Å². The quantitative estimate of drug-likeness (QED) is 0.372. The Hall–Kier alpha value is -3.38. The monoisotopic (exact) mass is 458 g/mol. The van der Waals surface area contributed by atoms with Crippen molar-refractivity contribution in [2.24, 2.45) is 0 Å². The molecule has 0 saturated carbocycles. The van der Waals surface area contributed by atoms with Gasteiger partial charge in [0, 0.05) is 35.9 Å². The van der Waals surface area contributed by atoms with Gasteiger partial charge in [-0.1, -0.05) is 60.7 Å². The lowest BCUT2D eigenvalue weighted by Gasteiger charge is -2.34. The van der Waals surface area contributed by atoms with Gasteiger partial charge in [0.1, 0.15) is 0 Å². The van der Waals surface area contributed by atoms with E-state index in [1.807, 2.05) is 42.5 Å². The summed E-state index contributed by atoms with van der Waals surface area (Å²) >= 11 is 0. The molecule has 0 radical (unpaired) electrons. The van der Waals surface area contributed by atoms with Crippen LogP contribution in [0.4, 0.5) is 5.69 Å². The Morgan fingerprint density at radius 3 is 2.21 bits per heavy atom. The average Bonchev–Trinajstić information content (AvgIpc) is 3.24. The molecule has 0 unspecified atom stereocenters. The van der Waals surface area contributed by atoms with Crippen LogP contribution in [0.2, 0.25) is 0 Å². The van der Waals surface area contributed by atoms with Crippen LogP contribution >= 0.6 is 0 Å². The second kappa shape index (κ2) is 8.87. The highest BCUT2D eigenvalue weighted by molar-refractivity contribution is 7.89. The van der Waals surface area contributed by atoms with Gasteiger partial charge in [0.15, 0.2) is 6.29 Å². The number of hydrogen-bond acceptors (Lipinski definition) is 4. The molecule has 6 heteroatoms. The number of carbonyl (C=O) groups is 1. The molecule has 2 heterocycles. The Morgan fingerprint density at radius 1 is 0.879 bits per heavy atom. The SMILES string of the molecule is O=Cc1cn(S(=O)(=O)Cc2ccccc2)c2ccc(N3CCC(c4ccccc4)CC3)cc12. The van der Waals surface area contributed by atoms with Gasteiger partial charge in [-0.3, -0.25) is 4.79 Å². The molecule has 168 valence electrons. The van der Waals surface area contributed by atoms with Gasteiger partial charge in [0.05, 0.1) is 11.3 Å². The first kappa shape index (κ1) is 21.5. The standard InChI is InChI=1S/C27H26N2O3S/c30-19-24-18-29(33(31,32)20-21-7-3-1-4-8-21)27-12-11-25(17-26(24)27)28-15-13-23(14-16-28)22-9-5-2-6-10-22/h1-12,17-19,23H,13-16,20H2. The smallest absolute Gasteiger partial charge is 0.243 e. The number of carbonyl (C=O) groups excluding carboxylic acids is 1. The number of aldehydes is 1. The van der Waals surface area contributed by atoms with Gasteiger partial charge in [-0.05, 0) is 48.1 Å². The maximum Gasteiger partial charge on any atom is 0.243 e. The molecule has 4 aromatic rings. The summed E-state index contributed by atoms with van der Waals surface area (Å²) in [5, 5.41) is 0.671. The molecule has 0 spiro atoms. The van der Waals surface area contributed by atoms with Gasteiger partial charge in [-0.15, -0.1) is 0 Å². The van der Waals surface area contributed by atoms with Crippen molar-refractivity contribution in [1.29, 1.82) is 0 Å². The van der Waals surface area contributed by atoms with E-state index in [1.165, 1.54) is 15.7 Å². The second-order valence-corrected chi connectivity index (χ2v) is 10.5. The third-order valence-electron chi connectivity index (χ3n) is 6.53. The Morgan fingerprint density at radius 2 is 1.55 bits per heavy atom. The highest BCUT2D eigenvalue weighted by atomic mass is 32.2. The van der Waals surface area contributed by atoms with Gasteiger partial charge >= 0.3 is 0 Å². The highest BCUT2D eigenvalue weighted by Gasteiger charge is 2.23. The van der Waals surface area contributed by atoms with Gasteiger partial charge < -0.3 is 4.90 Å². The lowest BCUT2D eigenvalue weighted by Crippen LogP contribution is -2.32. The Balaban J connectivity index is 1.41. The molecule has 5 nitrogen and oxygen atoms in total. The van der Waals surface area contributed by atoms with Gasteiger partial charge in [-0.25, -0.2) is 12.4 Å². The zero-order valence-corrected chi connectivity index (χ0v) is 19.1. The van der Waals surface area contributed by atoms with Gasteiger partial charge in [-0.2, -0.15) is 0 Å². The van der Waals surface area contributed by atoms with Crippen molar-refractivity contribution in [3.8, 4) is 0 Å². The molecule has 0 amide bonds. The third kappa shape index (κ3) is 4.31. The van der Waals surface area contributed by atoms with E-state index in [-0.39, 0.29) is 5.75 Å². The van der Waals surface area contributed by atoms with E-state index < -0.39 is 10.0 Å². The third-order valence-corrected chi connectivity index (χ3v) is 8.13. The van der Waals surface area contributed by atoms with E-state index in [4.69, 9.17) is 0 Å². The van der Waals surface area contributed by atoms with Crippen molar-refractivity contribution in [2.75, 3.05) is 18.0 Å². The van der Waals surface area contributed by atoms with E-state index in [0.29, 0.717) is 27.9 Å². The van der Waals surface area contributed by atoms with Gasteiger partial charge in [0.25, 0.3) is 0 Å². The summed E-state index contributed by atoms with van der Waals surface area (Å²) in [6, 6.07) is 25.4. The van der Waals surface area contributed by atoms with Crippen molar-refractivity contribution >= 4 is 32.9 Å². The molecule has 0 aliphatic carbocycles. The van der Waals surface area contributed by atoms with Crippen LogP contribution in [-0.2, 0) is 15.8 Å². The van der Waals surface area contributed by atoms with Crippen LogP contribution in [0.5, 0.6) is 0 Å². The van der Waals surface area contributed by atoms with Crippen LogP contribution in [0.3, 0.4) is 0 Å². The number of nitrogens with zero attached hydrogens (tertiary/aromatic N) is 2. The molecule has 0 bridgehead atoms. The largest absolute Gasteiger partial charge is 0.371 e. The number of benzene rings is 3. The normalized spacial score (nSPS) is 15.1. The topological polar surface area (TPSA) is 59.4 Å². The lowest BCUT2D eigenvalue weighted by molar-refractivity contribution is 0.112. The van der Waals surface area contributed by atoms with Crippen LogP contribution in [0.25, 0.3) is 10.9 Å². The van der Waals surface area contributed by atoms with Crippen LogP contribution in [0, 0.1) is 0 Å². The maximum absolute atomic E-state index is 13.1. The Bertz CT molecular complexity index is 1370. The summed E-state index contributed by atoms with van der Waals surface area (Å²) in [4.78, 5) is 14.1. The number of hydrogen-bond donors (Lipinski definition) is 0. The molecule has 33 heavy (non-hydrogen) atoms. The summed E-state index contributed by atoms with van der Waals surface area (Å²) < 4.78 is 27.5. The Kier molecular flexibility index (Phi) is 5.77. The van der Waals surface area contributed by atoms with Crippen LogP contribution < -0.4 is 4.90 Å². The summed E-state index contributed by atoms with van der Waals surface area (Å²) in [6.45, 7) is 1.85. The number of piperidine rings is 1. The van der Waals surface area contributed by atoms with Gasteiger partial charge in [0.2, 0.25) is 10.0 Å². The van der Waals surface area contributed by atoms with Crippen molar-refractivity contribution in [2.45, 2.75) is 24.5 Å². The molecule has 1 aliphatic rings. The minimum atomic E-state index is -3.66. The first-order valence-corrected chi connectivity index (χ1v) is 12.8. The zero-order valence-electron chi connectivity index (χ0n) is 18.3. The van der Waals surface area contributed by atoms with Crippen LogP contribution in [0.15, 0.2) is 85.1 Å². The van der Waals surface area contributed by atoms with E-state index >= 15 is 0 Å². The van der Waals surface area contributed by atoms with E-state index in [0.717, 1.165) is 37.9 Å². The van der Waals surface area contributed by atoms with Crippen LogP contribution in [0.1, 0.15) is 40.2 Å². The average molecular weight is 459 g/mol. The van der Waals surface area contributed by atoms with Crippen molar-refractivity contribution in [3.63, 3.8) is 0 Å². The van der Waals surface area contributed by atoms with Crippen LogP contribution in [-0.4, -0.2) is 31.8 Å². The van der Waals surface area contributed by atoms with Crippen molar-refractivity contribution in [3.05, 3.63) is 102 Å². The maximum atomic E-state index is 13.1. The fourth-order valence-electron chi connectivity index (χ4n) is 4.78. The summed E-state index contributed by atoms with van der Waals surface area (Å²) in [5.74, 6) is 0.436.